The second-order valence-electron chi connectivity index (χ2n) is 3.11. The molecule has 0 aliphatic heterocycles. The second kappa shape index (κ2) is 6.84. The predicted molar refractivity (Wildman–Crippen MR) is 53.0 cm³/mol. The zero-order valence-electron chi connectivity index (χ0n) is 8.05. The van der Waals surface area contributed by atoms with Crippen LogP contribution in [0.25, 0.3) is 0 Å². The van der Waals surface area contributed by atoms with E-state index in [4.69, 9.17) is 0 Å². The number of hydrogen-bond donors (Lipinski definition) is 0. The summed E-state index contributed by atoms with van der Waals surface area (Å²) in [6, 6.07) is 0. The summed E-state index contributed by atoms with van der Waals surface area (Å²) in [6.07, 6.45) is 7.76. The monoisotopic (exact) mass is 166 g/mol. The molecule has 12 heavy (non-hydrogen) atoms. The van der Waals surface area contributed by atoms with Gasteiger partial charge in [0.2, 0.25) is 0 Å². The van der Waals surface area contributed by atoms with E-state index in [9.17, 15) is 4.79 Å². The average Bonchev–Trinajstić information content (AvgIpc) is 2.04. The topological polar surface area (TPSA) is 17.1 Å². The molecule has 0 radical (unpaired) electrons. The minimum absolute atomic E-state index is 0.439. The maximum Gasteiger partial charge on any atom is 0.145 e. The van der Waals surface area contributed by atoms with Crippen LogP contribution in [0.3, 0.4) is 0 Å². The molecule has 1 unspecified atom stereocenters. The van der Waals surface area contributed by atoms with E-state index in [1.807, 2.05) is 12.2 Å². The van der Waals surface area contributed by atoms with Gasteiger partial charge in [-0.3, -0.25) is 4.79 Å². The third-order valence-corrected chi connectivity index (χ3v) is 1.73. The summed E-state index contributed by atoms with van der Waals surface area (Å²) in [5.74, 6) is 0.439. The fourth-order valence-corrected chi connectivity index (χ4v) is 1.17. The first kappa shape index (κ1) is 11.2. The van der Waals surface area contributed by atoms with Crippen molar-refractivity contribution in [3.05, 3.63) is 24.3 Å². The highest BCUT2D eigenvalue weighted by atomic mass is 16.1. The average molecular weight is 166 g/mol. The van der Waals surface area contributed by atoms with Crippen LogP contribution < -0.4 is 0 Å². The van der Waals surface area contributed by atoms with Crippen LogP contribution in [0.1, 0.15) is 33.1 Å². The molecule has 0 aromatic heterocycles. The Kier molecular flexibility index (Phi) is 6.35. The summed E-state index contributed by atoms with van der Waals surface area (Å²) in [5.41, 5.74) is 0.923. The summed E-state index contributed by atoms with van der Waals surface area (Å²) in [6.45, 7) is 7.84. The van der Waals surface area contributed by atoms with Gasteiger partial charge in [-0.2, -0.15) is 0 Å². The minimum atomic E-state index is 0.439. The maximum absolute atomic E-state index is 10.5. The highest BCUT2D eigenvalue weighted by molar-refractivity contribution is 5.73. The van der Waals surface area contributed by atoms with Crippen molar-refractivity contribution in [2.75, 3.05) is 0 Å². The van der Waals surface area contributed by atoms with Crippen molar-refractivity contribution in [2.45, 2.75) is 33.1 Å². The van der Waals surface area contributed by atoms with E-state index >= 15 is 0 Å². The quantitative estimate of drug-likeness (QED) is 0.336. The summed E-state index contributed by atoms with van der Waals surface area (Å²) in [4.78, 5) is 10.5. The van der Waals surface area contributed by atoms with Crippen molar-refractivity contribution in [3.63, 3.8) is 0 Å². The van der Waals surface area contributed by atoms with Gasteiger partial charge in [-0.25, -0.2) is 0 Å². The lowest BCUT2D eigenvalue weighted by Gasteiger charge is -2.03. The Morgan fingerprint density at radius 3 is 2.67 bits per heavy atom. The fourth-order valence-electron chi connectivity index (χ4n) is 1.17. The molecular formula is C11H18O. The lowest BCUT2D eigenvalue weighted by atomic mass is 10.0. The molecular weight excluding hydrogens is 148 g/mol. The van der Waals surface area contributed by atoms with Gasteiger partial charge < -0.3 is 0 Å². The largest absolute Gasteiger partial charge is 0.298 e. The van der Waals surface area contributed by atoms with E-state index in [0.717, 1.165) is 31.1 Å². The number of carbonyl (C=O) groups excluding carboxylic acids is 1. The fraction of sp³-hybridized carbons (Fsp3) is 0.545. The van der Waals surface area contributed by atoms with Crippen molar-refractivity contribution in [2.24, 2.45) is 5.92 Å². The predicted octanol–water partition coefficient (Wildman–Crippen LogP) is 3.12. The SMILES string of the molecule is C=CCC(C)C=C(C=O)CCC. The maximum atomic E-state index is 10.5. The Hall–Kier alpha value is -0.850. The molecule has 0 aliphatic carbocycles. The minimum Gasteiger partial charge on any atom is -0.298 e. The van der Waals surface area contributed by atoms with Crippen LogP contribution in [0.2, 0.25) is 0 Å². The molecule has 0 bridgehead atoms. The lowest BCUT2D eigenvalue weighted by Crippen LogP contribution is -1.92. The van der Waals surface area contributed by atoms with Gasteiger partial charge >= 0.3 is 0 Å². The van der Waals surface area contributed by atoms with Crippen molar-refractivity contribution in [1.82, 2.24) is 0 Å². The van der Waals surface area contributed by atoms with Crippen LogP contribution in [0.4, 0.5) is 0 Å². The molecule has 1 heteroatoms. The van der Waals surface area contributed by atoms with Crippen LogP contribution in [0.15, 0.2) is 24.3 Å². The van der Waals surface area contributed by atoms with Gasteiger partial charge in [0.1, 0.15) is 6.29 Å². The van der Waals surface area contributed by atoms with Gasteiger partial charge in [0.25, 0.3) is 0 Å². The van der Waals surface area contributed by atoms with Crippen LogP contribution in [0, 0.1) is 5.92 Å². The Morgan fingerprint density at radius 2 is 2.25 bits per heavy atom. The van der Waals surface area contributed by atoms with E-state index in [1.54, 1.807) is 0 Å². The molecule has 0 aliphatic rings. The number of rotatable bonds is 6. The molecule has 0 aromatic carbocycles. The third-order valence-electron chi connectivity index (χ3n) is 1.73. The molecule has 1 atom stereocenters. The first-order valence-electron chi connectivity index (χ1n) is 4.51. The molecule has 0 fully saturated rings. The third kappa shape index (κ3) is 4.89. The van der Waals surface area contributed by atoms with Crippen molar-refractivity contribution < 1.29 is 4.79 Å². The van der Waals surface area contributed by atoms with Gasteiger partial charge in [0, 0.05) is 0 Å². The molecule has 0 N–H and O–H groups in total. The smallest absolute Gasteiger partial charge is 0.145 e. The van der Waals surface area contributed by atoms with E-state index in [1.165, 1.54) is 0 Å². The number of allylic oxidation sites excluding steroid dienone is 3. The van der Waals surface area contributed by atoms with E-state index in [-0.39, 0.29) is 0 Å². The van der Waals surface area contributed by atoms with Crippen LogP contribution in [-0.2, 0) is 4.79 Å². The second-order valence-corrected chi connectivity index (χ2v) is 3.11. The number of carbonyl (C=O) groups is 1. The van der Waals surface area contributed by atoms with Gasteiger partial charge in [-0.05, 0) is 24.3 Å². The summed E-state index contributed by atoms with van der Waals surface area (Å²) in [5, 5.41) is 0. The first-order chi connectivity index (χ1) is 5.74. The van der Waals surface area contributed by atoms with Crippen molar-refractivity contribution >= 4 is 6.29 Å². The zero-order valence-corrected chi connectivity index (χ0v) is 8.05. The number of hydrogen-bond acceptors (Lipinski definition) is 1. The van der Waals surface area contributed by atoms with Crippen molar-refractivity contribution in [3.8, 4) is 0 Å². The Balaban J connectivity index is 4.05. The zero-order chi connectivity index (χ0) is 9.40. The molecule has 0 saturated heterocycles. The van der Waals surface area contributed by atoms with Crippen molar-refractivity contribution in [1.29, 1.82) is 0 Å². The van der Waals surface area contributed by atoms with Crippen LogP contribution in [-0.4, -0.2) is 6.29 Å². The standard InChI is InChI=1S/C11H18O/c1-4-6-10(3)8-11(9-12)7-5-2/h4,8-10H,1,5-7H2,2-3H3. The lowest BCUT2D eigenvalue weighted by molar-refractivity contribution is -0.105. The van der Waals surface area contributed by atoms with Gasteiger partial charge in [-0.1, -0.05) is 32.4 Å². The molecule has 0 spiro atoms. The Bertz CT molecular complexity index is 168. The highest BCUT2D eigenvalue weighted by Gasteiger charge is 1.98. The van der Waals surface area contributed by atoms with E-state index < -0.39 is 0 Å². The molecule has 0 saturated carbocycles. The molecule has 0 aromatic rings. The summed E-state index contributed by atoms with van der Waals surface area (Å²) >= 11 is 0. The van der Waals surface area contributed by atoms with E-state index in [0.29, 0.717) is 5.92 Å². The number of aldehydes is 1. The van der Waals surface area contributed by atoms with Gasteiger partial charge in [0.05, 0.1) is 0 Å². The van der Waals surface area contributed by atoms with E-state index in [2.05, 4.69) is 20.4 Å². The first-order valence-corrected chi connectivity index (χ1v) is 4.51. The normalized spacial score (nSPS) is 14.0. The Labute approximate surface area is 75.2 Å². The molecule has 0 rings (SSSR count). The summed E-state index contributed by atoms with van der Waals surface area (Å²) in [7, 11) is 0. The van der Waals surface area contributed by atoms with Crippen LogP contribution >= 0.6 is 0 Å². The molecule has 1 nitrogen and oxygen atoms in total. The molecule has 0 heterocycles. The van der Waals surface area contributed by atoms with Gasteiger partial charge in [0.15, 0.2) is 0 Å². The Morgan fingerprint density at radius 1 is 1.58 bits per heavy atom. The highest BCUT2D eigenvalue weighted by Crippen LogP contribution is 2.10. The summed E-state index contributed by atoms with van der Waals surface area (Å²) < 4.78 is 0. The van der Waals surface area contributed by atoms with Gasteiger partial charge in [-0.15, -0.1) is 6.58 Å². The van der Waals surface area contributed by atoms with Crippen LogP contribution in [0.5, 0.6) is 0 Å². The molecule has 0 amide bonds. The molecule has 68 valence electrons.